The number of ether oxygens (including phenoxy) is 1. The van der Waals surface area contributed by atoms with E-state index in [-0.39, 0.29) is 11.2 Å². The number of rotatable bonds is 5. The quantitative estimate of drug-likeness (QED) is 0.652. The van der Waals surface area contributed by atoms with E-state index in [0.717, 1.165) is 5.56 Å². The Kier molecular flexibility index (Phi) is 5.93. The zero-order valence-electron chi connectivity index (χ0n) is 15.5. The molecule has 0 heterocycles. The number of nitrogens with one attached hydrogen (secondary N) is 1. The van der Waals surface area contributed by atoms with Crippen LogP contribution >= 0.6 is 0 Å². The molecule has 5 nitrogen and oxygen atoms in total. The smallest absolute Gasteiger partial charge is 0.338 e. The first-order valence-electron chi connectivity index (χ1n) is 8.36. The Morgan fingerprint density at radius 2 is 1.58 bits per heavy atom. The Balaban J connectivity index is 1.95. The molecule has 0 aliphatic heterocycles. The standard InChI is InChI=1S/C21H23NO4/c1-14(23)17-7-5-6-8-18(17)22-19(24)13-26-20(25)15-9-11-16(12-10-15)21(2,3)4/h5-12H,13H2,1-4H3,(H,22,24). The summed E-state index contributed by atoms with van der Waals surface area (Å²) in [5.41, 5.74) is 2.29. The van der Waals surface area contributed by atoms with Crippen molar-refractivity contribution in [3.63, 3.8) is 0 Å². The van der Waals surface area contributed by atoms with Gasteiger partial charge in [0.1, 0.15) is 0 Å². The minimum atomic E-state index is -0.569. The molecule has 1 N–H and O–H groups in total. The van der Waals surface area contributed by atoms with Crippen molar-refractivity contribution in [3.05, 3.63) is 65.2 Å². The number of esters is 1. The molecule has 2 aromatic rings. The topological polar surface area (TPSA) is 72.5 Å². The van der Waals surface area contributed by atoms with Crippen LogP contribution in [0.1, 0.15) is 54.0 Å². The van der Waals surface area contributed by atoms with Gasteiger partial charge in [0.05, 0.1) is 11.3 Å². The van der Waals surface area contributed by atoms with Gasteiger partial charge >= 0.3 is 5.97 Å². The van der Waals surface area contributed by atoms with Gasteiger partial charge in [0.25, 0.3) is 5.91 Å². The van der Waals surface area contributed by atoms with Gasteiger partial charge in [-0.3, -0.25) is 9.59 Å². The maximum absolute atomic E-state index is 12.1. The summed E-state index contributed by atoms with van der Waals surface area (Å²) in [6.07, 6.45) is 0. The zero-order chi connectivity index (χ0) is 19.3. The highest BCUT2D eigenvalue weighted by Gasteiger charge is 2.16. The molecule has 0 atom stereocenters. The van der Waals surface area contributed by atoms with E-state index in [2.05, 4.69) is 26.1 Å². The first-order valence-corrected chi connectivity index (χ1v) is 8.36. The van der Waals surface area contributed by atoms with E-state index < -0.39 is 18.5 Å². The first kappa shape index (κ1) is 19.4. The number of anilines is 1. The third kappa shape index (κ3) is 5.02. The SMILES string of the molecule is CC(=O)c1ccccc1NC(=O)COC(=O)c1ccc(C(C)(C)C)cc1. The van der Waals surface area contributed by atoms with Crippen molar-refractivity contribution in [3.8, 4) is 0 Å². The van der Waals surface area contributed by atoms with Crippen LogP contribution in [0, 0.1) is 0 Å². The van der Waals surface area contributed by atoms with Gasteiger partial charge in [-0.15, -0.1) is 0 Å². The van der Waals surface area contributed by atoms with Gasteiger partial charge in [-0.05, 0) is 42.2 Å². The van der Waals surface area contributed by atoms with Crippen LogP contribution in [-0.4, -0.2) is 24.3 Å². The van der Waals surface area contributed by atoms with Crippen molar-refractivity contribution in [1.29, 1.82) is 0 Å². The Labute approximate surface area is 153 Å². The highest BCUT2D eigenvalue weighted by atomic mass is 16.5. The van der Waals surface area contributed by atoms with E-state index in [0.29, 0.717) is 16.8 Å². The van der Waals surface area contributed by atoms with Gasteiger partial charge < -0.3 is 10.1 Å². The third-order valence-corrected chi connectivity index (χ3v) is 3.90. The summed E-state index contributed by atoms with van der Waals surface area (Å²) in [6.45, 7) is 7.26. The molecule has 136 valence electrons. The highest BCUT2D eigenvalue weighted by Crippen LogP contribution is 2.22. The molecule has 2 rings (SSSR count). The van der Waals surface area contributed by atoms with Crippen LogP contribution in [0.3, 0.4) is 0 Å². The Bertz CT molecular complexity index is 817. The monoisotopic (exact) mass is 353 g/mol. The number of hydrogen-bond donors (Lipinski definition) is 1. The van der Waals surface area contributed by atoms with Crippen molar-refractivity contribution in [1.82, 2.24) is 0 Å². The summed E-state index contributed by atoms with van der Waals surface area (Å²) in [5, 5.41) is 2.59. The Morgan fingerprint density at radius 1 is 0.962 bits per heavy atom. The van der Waals surface area contributed by atoms with Crippen LogP contribution in [0.25, 0.3) is 0 Å². The molecule has 0 aliphatic carbocycles. The summed E-state index contributed by atoms with van der Waals surface area (Å²) in [4.78, 5) is 35.7. The van der Waals surface area contributed by atoms with Crippen molar-refractivity contribution in [2.75, 3.05) is 11.9 Å². The summed E-state index contributed by atoms with van der Waals surface area (Å²) >= 11 is 0. The van der Waals surface area contributed by atoms with Gasteiger partial charge in [0.15, 0.2) is 12.4 Å². The van der Waals surface area contributed by atoms with Crippen molar-refractivity contribution >= 4 is 23.3 Å². The van der Waals surface area contributed by atoms with Crippen molar-refractivity contribution in [2.24, 2.45) is 0 Å². The lowest BCUT2D eigenvalue weighted by atomic mass is 9.87. The highest BCUT2D eigenvalue weighted by molar-refractivity contribution is 6.04. The van der Waals surface area contributed by atoms with E-state index in [9.17, 15) is 14.4 Å². The molecule has 0 fully saturated rings. The lowest BCUT2D eigenvalue weighted by Crippen LogP contribution is -2.22. The summed E-state index contributed by atoms with van der Waals surface area (Å²) in [6, 6.07) is 13.8. The van der Waals surface area contributed by atoms with E-state index in [4.69, 9.17) is 4.74 Å². The maximum atomic E-state index is 12.1. The van der Waals surface area contributed by atoms with Crippen LogP contribution in [-0.2, 0) is 14.9 Å². The number of amides is 1. The van der Waals surface area contributed by atoms with Crippen LogP contribution in [0.2, 0.25) is 0 Å². The van der Waals surface area contributed by atoms with Gasteiger partial charge in [0.2, 0.25) is 0 Å². The summed E-state index contributed by atoms with van der Waals surface area (Å²) in [7, 11) is 0. The number of Topliss-reactive ketones (excluding diaryl/α,β-unsaturated/α-hetero) is 1. The number of benzene rings is 2. The second-order valence-corrected chi connectivity index (χ2v) is 7.05. The van der Waals surface area contributed by atoms with Crippen molar-refractivity contribution < 1.29 is 19.1 Å². The molecule has 0 spiro atoms. The fraction of sp³-hybridized carbons (Fsp3) is 0.286. The lowest BCUT2D eigenvalue weighted by Gasteiger charge is -2.18. The molecule has 0 aliphatic rings. The summed E-state index contributed by atoms with van der Waals surface area (Å²) in [5.74, 6) is -1.23. The first-order chi connectivity index (χ1) is 12.2. The molecular formula is C21H23NO4. The van der Waals surface area contributed by atoms with Crippen LogP contribution in [0.4, 0.5) is 5.69 Å². The molecule has 0 unspecified atom stereocenters. The normalized spacial score (nSPS) is 10.9. The maximum Gasteiger partial charge on any atom is 0.338 e. The number of hydrogen-bond acceptors (Lipinski definition) is 4. The average molecular weight is 353 g/mol. The molecule has 1 amide bonds. The van der Waals surface area contributed by atoms with Crippen LogP contribution in [0.15, 0.2) is 48.5 Å². The number of para-hydroxylation sites is 1. The van der Waals surface area contributed by atoms with Crippen LogP contribution < -0.4 is 5.32 Å². The van der Waals surface area contributed by atoms with E-state index >= 15 is 0 Å². The average Bonchev–Trinajstić information content (AvgIpc) is 2.59. The molecule has 5 heteroatoms. The lowest BCUT2D eigenvalue weighted by molar-refractivity contribution is -0.119. The molecule has 0 bridgehead atoms. The fourth-order valence-corrected chi connectivity index (χ4v) is 2.41. The minimum Gasteiger partial charge on any atom is -0.452 e. The largest absolute Gasteiger partial charge is 0.452 e. The van der Waals surface area contributed by atoms with Crippen molar-refractivity contribution in [2.45, 2.75) is 33.1 Å². The molecule has 0 saturated heterocycles. The Morgan fingerprint density at radius 3 is 2.15 bits per heavy atom. The Hall–Kier alpha value is -2.95. The van der Waals surface area contributed by atoms with Gasteiger partial charge in [0, 0.05) is 5.56 Å². The predicted octanol–water partition coefficient (Wildman–Crippen LogP) is 3.98. The van der Waals surface area contributed by atoms with E-state index in [1.54, 1.807) is 36.4 Å². The third-order valence-electron chi connectivity index (χ3n) is 3.90. The molecular weight excluding hydrogens is 330 g/mol. The van der Waals surface area contributed by atoms with Gasteiger partial charge in [-0.25, -0.2) is 4.79 Å². The minimum absolute atomic E-state index is 0.00752. The fourth-order valence-electron chi connectivity index (χ4n) is 2.41. The van der Waals surface area contributed by atoms with Gasteiger partial charge in [-0.2, -0.15) is 0 Å². The van der Waals surface area contributed by atoms with Crippen LogP contribution in [0.5, 0.6) is 0 Å². The molecule has 2 aromatic carbocycles. The molecule has 0 aromatic heterocycles. The second-order valence-electron chi connectivity index (χ2n) is 7.05. The summed E-state index contributed by atoms with van der Waals surface area (Å²) < 4.78 is 5.05. The predicted molar refractivity (Wildman–Crippen MR) is 101 cm³/mol. The molecule has 26 heavy (non-hydrogen) atoms. The zero-order valence-corrected chi connectivity index (χ0v) is 15.5. The molecule has 0 saturated carbocycles. The van der Waals surface area contributed by atoms with Gasteiger partial charge in [-0.1, -0.05) is 45.0 Å². The van der Waals surface area contributed by atoms with E-state index in [1.165, 1.54) is 6.92 Å². The number of carbonyl (C=O) groups excluding carboxylic acids is 3. The number of ketones is 1. The number of carbonyl (C=O) groups is 3. The molecule has 0 radical (unpaired) electrons. The van der Waals surface area contributed by atoms with E-state index in [1.807, 2.05) is 12.1 Å². The second kappa shape index (κ2) is 7.95.